The maximum Gasteiger partial charge on any atom is 0.291 e. The van der Waals surface area contributed by atoms with Crippen molar-refractivity contribution in [2.24, 2.45) is 0 Å². The van der Waals surface area contributed by atoms with Crippen LogP contribution in [0.4, 0.5) is 4.39 Å². The first-order chi connectivity index (χ1) is 13.1. The number of nitrogens with zero attached hydrogens (tertiary/aromatic N) is 3. The van der Waals surface area contributed by atoms with Crippen molar-refractivity contribution in [3.05, 3.63) is 91.7 Å². The van der Waals surface area contributed by atoms with E-state index in [0.29, 0.717) is 15.3 Å². The molecular formula is C21H16FN3OS. The Morgan fingerprint density at radius 3 is 2.41 bits per heavy atom. The largest absolute Gasteiger partial charge is 0.291 e. The molecule has 0 unspecified atom stereocenters. The van der Waals surface area contributed by atoms with Gasteiger partial charge in [0, 0.05) is 0 Å². The van der Waals surface area contributed by atoms with Gasteiger partial charge in [0.15, 0.2) is 5.82 Å². The standard InChI is InChI=1S/C21H16FN3OS/c1-2-14-3-5-16(6-4-14)13-18-20(26)25-21(27-18)23-19(24-25)12-9-15-7-10-17(22)11-8-15/h3-13H,2H2,1H3/b12-9+,18-13+. The molecule has 0 saturated carbocycles. The fourth-order valence-electron chi connectivity index (χ4n) is 2.67. The van der Waals surface area contributed by atoms with Crippen LogP contribution in [-0.2, 0) is 6.42 Å². The van der Waals surface area contributed by atoms with Crippen LogP contribution in [0.1, 0.15) is 29.4 Å². The molecule has 0 atom stereocenters. The number of halogens is 1. The van der Waals surface area contributed by atoms with Gasteiger partial charge in [0.2, 0.25) is 4.96 Å². The summed E-state index contributed by atoms with van der Waals surface area (Å²) in [7, 11) is 0. The van der Waals surface area contributed by atoms with Crippen LogP contribution < -0.4 is 10.1 Å². The number of hydrogen-bond acceptors (Lipinski definition) is 4. The van der Waals surface area contributed by atoms with Crippen molar-refractivity contribution in [3.63, 3.8) is 0 Å². The molecule has 4 nitrogen and oxygen atoms in total. The Bertz CT molecular complexity index is 1220. The Morgan fingerprint density at radius 2 is 1.74 bits per heavy atom. The topological polar surface area (TPSA) is 47.3 Å². The van der Waals surface area contributed by atoms with Crippen molar-refractivity contribution < 1.29 is 4.39 Å². The molecule has 134 valence electrons. The fourth-order valence-corrected chi connectivity index (χ4v) is 3.58. The quantitative estimate of drug-likeness (QED) is 0.546. The second kappa shape index (κ2) is 7.25. The molecule has 27 heavy (non-hydrogen) atoms. The Balaban J connectivity index is 1.64. The van der Waals surface area contributed by atoms with Crippen molar-refractivity contribution in [1.82, 2.24) is 14.6 Å². The van der Waals surface area contributed by atoms with Gasteiger partial charge in [-0.25, -0.2) is 4.39 Å². The maximum atomic E-state index is 12.9. The summed E-state index contributed by atoms with van der Waals surface area (Å²) in [5, 5.41) is 4.26. The zero-order valence-electron chi connectivity index (χ0n) is 14.6. The summed E-state index contributed by atoms with van der Waals surface area (Å²) in [6, 6.07) is 14.3. The van der Waals surface area contributed by atoms with Crippen molar-refractivity contribution in [2.45, 2.75) is 13.3 Å². The number of fused-ring (bicyclic) bond motifs is 1. The van der Waals surface area contributed by atoms with Gasteiger partial charge in [0.05, 0.1) is 4.53 Å². The van der Waals surface area contributed by atoms with Crippen LogP contribution in [0.5, 0.6) is 0 Å². The lowest BCUT2D eigenvalue weighted by atomic mass is 10.1. The van der Waals surface area contributed by atoms with E-state index in [1.165, 1.54) is 33.5 Å². The SMILES string of the molecule is CCc1ccc(/C=c2/sc3nc(/C=C/c4ccc(F)cc4)nn3c2=O)cc1. The Kier molecular flexibility index (Phi) is 4.64. The highest BCUT2D eigenvalue weighted by atomic mass is 32.1. The summed E-state index contributed by atoms with van der Waals surface area (Å²) in [6.07, 6.45) is 6.33. The van der Waals surface area contributed by atoms with Crippen LogP contribution in [0.15, 0.2) is 53.3 Å². The number of rotatable bonds is 4. The summed E-state index contributed by atoms with van der Waals surface area (Å²) in [6.45, 7) is 2.11. The highest BCUT2D eigenvalue weighted by molar-refractivity contribution is 7.15. The number of benzene rings is 2. The average molecular weight is 377 g/mol. The van der Waals surface area contributed by atoms with Gasteiger partial charge in [-0.1, -0.05) is 60.7 Å². The van der Waals surface area contributed by atoms with Crippen LogP contribution >= 0.6 is 11.3 Å². The van der Waals surface area contributed by atoms with E-state index in [4.69, 9.17) is 0 Å². The van der Waals surface area contributed by atoms with Gasteiger partial charge in [0.25, 0.3) is 5.56 Å². The zero-order valence-corrected chi connectivity index (χ0v) is 15.4. The van der Waals surface area contributed by atoms with E-state index in [1.54, 1.807) is 24.3 Å². The fraction of sp³-hybridized carbons (Fsp3) is 0.0952. The second-order valence-electron chi connectivity index (χ2n) is 6.06. The molecule has 0 fully saturated rings. The van der Waals surface area contributed by atoms with Crippen LogP contribution in [0.2, 0.25) is 0 Å². The minimum atomic E-state index is -0.281. The van der Waals surface area contributed by atoms with Gasteiger partial charge in [-0.05, 0) is 47.4 Å². The summed E-state index contributed by atoms with van der Waals surface area (Å²) in [4.78, 5) is 17.5. The molecule has 0 spiro atoms. The molecule has 2 heterocycles. The maximum absolute atomic E-state index is 12.9. The lowest BCUT2D eigenvalue weighted by Crippen LogP contribution is -2.23. The highest BCUT2D eigenvalue weighted by Gasteiger charge is 2.08. The molecule has 0 bridgehead atoms. The van der Waals surface area contributed by atoms with Gasteiger partial charge >= 0.3 is 0 Å². The lowest BCUT2D eigenvalue weighted by molar-refractivity contribution is 0.628. The van der Waals surface area contributed by atoms with Crippen LogP contribution in [-0.4, -0.2) is 14.6 Å². The van der Waals surface area contributed by atoms with E-state index >= 15 is 0 Å². The Hall–Kier alpha value is -3.12. The molecule has 0 N–H and O–H groups in total. The van der Waals surface area contributed by atoms with Crippen LogP contribution in [0.25, 0.3) is 23.2 Å². The predicted octanol–water partition coefficient (Wildman–Crippen LogP) is 3.57. The van der Waals surface area contributed by atoms with Crippen molar-refractivity contribution in [2.75, 3.05) is 0 Å². The summed E-state index contributed by atoms with van der Waals surface area (Å²) in [5.74, 6) is 0.165. The van der Waals surface area contributed by atoms with E-state index in [9.17, 15) is 9.18 Å². The number of aromatic nitrogens is 3. The van der Waals surface area contributed by atoms with Crippen LogP contribution in [0, 0.1) is 5.82 Å². The molecule has 0 radical (unpaired) electrons. The first-order valence-electron chi connectivity index (χ1n) is 8.56. The molecule has 2 aromatic carbocycles. The van der Waals surface area contributed by atoms with E-state index in [2.05, 4.69) is 29.1 Å². The smallest absolute Gasteiger partial charge is 0.266 e. The van der Waals surface area contributed by atoms with E-state index < -0.39 is 0 Å². The molecule has 6 heteroatoms. The molecule has 0 aliphatic heterocycles. The van der Waals surface area contributed by atoms with Gasteiger partial charge in [-0.2, -0.15) is 9.50 Å². The highest BCUT2D eigenvalue weighted by Crippen LogP contribution is 2.10. The monoisotopic (exact) mass is 377 g/mol. The lowest BCUT2D eigenvalue weighted by Gasteiger charge is -1.96. The first-order valence-corrected chi connectivity index (χ1v) is 9.38. The van der Waals surface area contributed by atoms with Crippen LogP contribution in [0.3, 0.4) is 0 Å². The second-order valence-corrected chi connectivity index (χ2v) is 7.07. The molecule has 0 aliphatic rings. The summed E-state index contributed by atoms with van der Waals surface area (Å²) < 4.78 is 14.9. The van der Waals surface area contributed by atoms with Crippen molar-refractivity contribution in [3.8, 4) is 0 Å². The Labute approximate surface area is 158 Å². The van der Waals surface area contributed by atoms with Gasteiger partial charge in [-0.3, -0.25) is 4.79 Å². The van der Waals surface area contributed by atoms with Gasteiger partial charge in [0.1, 0.15) is 5.82 Å². The minimum absolute atomic E-state index is 0.177. The molecule has 0 saturated heterocycles. The molecule has 2 aromatic heterocycles. The molecule has 0 amide bonds. The third-order valence-electron chi connectivity index (χ3n) is 4.18. The minimum Gasteiger partial charge on any atom is -0.266 e. The molecular weight excluding hydrogens is 361 g/mol. The number of thiazole rings is 1. The number of hydrogen-bond donors (Lipinski definition) is 0. The summed E-state index contributed by atoms with van der Waals surface area (Å²) in [5.41, 5.74) is 2.89. The molecule has 0 aliphatic carbocycles. The average Bonchev–Trinajstić information content (AvgIpc) is 3.21. The first kappa shape index (κ1) is 17.3. The van der Waals surface area contributed by atoms with Crippen molar-refractivity contribution in [1.29, 1.82) is 0 Å². The van der Waals surface area contributed by atoms with Crippen molar-refractivity contribution >= 4 is 34.5 Å². The zero-order chi connectivity index (χ0) is 18.8. The Morgan fingerprint density at radius 1 is 1.04 bits per heavy atom. The van der Waals surface area contributed by atoms with E-state index in [0.717, 1.165) is 17.5 Å². The third-order valence-corrected chi connectivity index (χ3v) is 5.14. The molecule has 4 rings (SSSR count). The van der Waals surface area contributed by atoms with Gasteiger partial charge in [-0.15, -0.1) is 5.10 Å². The third kappa shape index (κ3) is 3.71. The van der Waals surface area contributed by atoms with Gasteiger partial charge < -0.3 is 0 Å². The number of aryl methyl sites for hydroxylation is 1. The normalized spacial score (nSPS) is 12.4. The predicted molar refractivity (Wildman–Crippen MR) is 107 cm³/mol. The summed E-state index contributed by atoms with van der Waals surface area (Å²) >= 11 is 1.31. The molecule has 4 aromatic rings. The van der Waals surface area contributed by atoms with E-state index in [1.807, 2.05) is 18.2 Å². The van der Waals surface area contributed by atoms with E-state index in [-0.39, 0.29) is 11.4 Å².